The number of ketones is 1. The summed E-state index contributed by atoms with van der Waals surface area (Å²) in [4.78, 5) is 10.4. The molecule has 0 aromatic rings. The van der Waals surface area contributed by atoms with E-state index < -0.39 is 6.23 Å². The van der Waals surface area contributed by atoms with E-state index in [1.165, 1.54) is 6.92 Å². The van der Waals surface area contributed by atoms with Crippen LogP contribution in [0.3, 0.4) is 0 Å². The smallest absolute Gasteiger partial charge is 0.133 e. The second kappa shape index (κ2) is 4.41. The number of aliphatic hydroxyl groups is 1. The molecule has 0 aromatic carbocycles. The van der Waals surface area contributed by atoms with Crippen molar-refractivity contribution in [2.45, 2.75) is 39.5 Å². The van der Waals surface area contributed by atoms with Crippen LogP contribution in [-0.4, -0.2) is 23.2 Å². The van der Waals surface area contributed by atoms with Gasteiger partial charge in [-0.05, 0) is 20.8 Å². The zero-order valence-electron chi connectivity index (χ0n) is 6.72. The van der Waals surface area contributed by atoms with E-state index in [4.69, 9.17) is 5.11 Å². The molecule has 0 aromatic heterocycles. The highest BCUT2D eigenvalue weighted by atomic mass is 16.3. The molecule has 0 radical (unpaired) electrons. The van der Waals surface area contributed by atoms with E-state index in [-0.39, 0.29) is 18.2 Å². The standard InChI is InChI=1S/C7H15NO2/c1-5(2)8-7(10)4-6(3)9/h5,7-8,10H,4H2,1-3H3. The Kier molecular flexibility index (Phi) is 4.23. The molecule has 3 nitrogen and oxygen atoms in total. The lowest BCUT2D eigenvalue weighted by molar-refractivity contribution is -0.119. The lowest BCUT2D eigenvalue weighted by Gasteiger charge is -2.13. The highest BCUT2D eigenvalue weighted by molar-refractivity contribution is 5.75. The third kappa shape index (κ3) is 5.72. The molecule has 0 rings (SSSR count). The lowest BCUT2D eigenvalue weighted by atomic mass is 10.2. The summed E-state index contributed by atoms with van der Waals surface area (Å²) in [6, 6.07) is 0.217. The predicted octanol–water partition coefficient (Wildman–Crippen LogP) is 0.282. The zero-order valence-corrected chi connectivity index (χ0v) is 6.72. The van der Waals surface area contributed by atoms with Gasteiger partial charge in [0.2, 0.25) is 0 Å². The summed E-state index contributed by atoms with van der Waals surface area (Å²) in [6.07, 6.45) is -0.490. The third-order valence-corrected chi connectivity index (χ3v) is 1.01. The highest BCUT2D eigenvalue weighted by Crippen LogP contribution is 1.90. The number of aliphatic hydroxyl groups excluding tert-OH is 1. The van der Waals surface area contributed by atoms with E-state index in [0.717, 1.165) is 0 Å². The van der Waals surface area contributed by atoms with Gasteiger partial charge in [0.15, 0.2) is 0 Å². The summed E-state index contributed by atoms with van der Waals surface area (Å²) < 4.78 is 0. The molecule has 10 heavy (non-hydrogen) atoms. The van der Waals surface area contributed by atoms with Gasteiger partial charge >= 0.3 is 0 Å². The van der Waals surface area contributed by atoms with Crippen LogP contribution in [0.15, 0.2) is 0 Å². The summed E-state index contributed by atoms with van der Waals surface area (Å²) in [5.74, 6) is 0.000602. The van der Waals surface area contributed by atoms with E-state index in [2.05, 4.69) is 5.32 Å². The van der Waals surface area contributed by atoms with Gasteiger partial charge in [-0.2, -0.15) is 0 Å². The molecule has 0 saturated heterocycles. The molecule has 0 bridgehead atoms. The summed E-state index contributed by atoms with van der Waals surface area (Å²) in [5, 5.41) is 11.9. The molecule has 0 saturated carbocycles. The Morgan fingerprint density at radius 1 is 1.60 bits per heavy atom. The van der Waals surface area contributed by atoms with Crippen LogP contribution in [0.2, 0.25) is 0 Å². The maximum Gasteiger partial charge on any atom is 0.133 e. The second-order valence-corrected chi connectivity index (χ2v) is 2.74. The van der Waals surface area contributed by atoms with Crippen molar-refractivity contribution in [2.75, 3.05) is 0 Å². The normalized spacial score (nSPS) is 13.7. The molecule has 60 valence electrons. The SMILES string of the molecule is CC(=O)CC(O)NC(C)C. The minimum atomic E-state index is -0.683. The molecule has 0 aliphatic carbocycles. The Balaban J connectivity index is 3.43. The fourth-order valence-electron chi connectivity index (χ4n) is 0.716. The van der Waals surface area contributed by atoms with Crippen molar-refractivity contribution in [3.8, 4) is 0 Å². The van der Waals surface area contributed by atoms with Crippen molar-refractivity contribution in [2.24, 2.45) is 0 Å². The summed E-state index contributed by atoms with van der Waals surface area (Å²) in [7, 11) is 0. The molecule has 1 atom stereocenters. The molecule has 0 spiro atoms. The van der Waals surface area contributed by atoms with Crippen molar-refractivity contribution in [1.82, 2.24) is 5.32 Å². The molecule has 2 N–H and O–H groups in total. The number of rotatable bonds is 4. The third-order valence-electron chi connectivity index (χ3n) is 1.01. The van der Waals surface area contributed by atoms with E-state index >= 15 is 0 Å². The first kappa shape index (κ1) is 9.59. The Bertz CT molecular complexity index is 112. The minimum Gasteiger partial charge on any atom is -0.378 e. The first-order chi connectivity index (χ1) is 4.52. The summed E-state index contributed by atoms with van der Waals surface area (Å²) >= 11 is 0. The van der Waals surface area contributed by atoms with E-state index in [9.17, 15) is 4.79 Å². The molecule has 3 heteroatoms. The Morgan fingerprint density at radius 2 is 2.10 bits per heavy atom. The van der Waals surface area contributed by atoms with Crippen LogP contribution in [0, 0.1) is 0 Å². The van der Waals surface area contributed by atoms with Crippen molar-refractivity contribution >= 4 is 5.78 Å². The predicted molar refractivity (Wildman–Crippen MR) is 39.6 cm³/mol. The van der Waals surface area contributed by atoms with Crippen LogP contribution in [-0.2, 0) is 4.79 Å². The Labute approximate surface area is 61.4 Å². The van der Waals surface area contributed by atoms with Gasteiger partial charge in [-0.25, -0.2) is 0 Å². The van der Waals surface area contributed by atoms with E-state index in [1.807, 2.05) is 13.8 Å². The number of carbonyl (C=O) groups is 1. The van der Waals surface area contributed by atoms with E-state index in [0.29, 0.717) is 0 Å². The van der Waals surface area contributed by atoms with Crippen LogP contribution in [0.1, 0.15) is 27.2 Å². The van der Waals surface area contributed by atoms with Crippen LogP contribution in [0.25, 0.3) is 0 Å². The van der Waals surface area contributed by atoms with Gasteiger partial charge in [0.1, 0.15) is 12.0 Å². The first-order valence-electron chi connectivity index (χ1n) is 3.46. The van der Waals surface area contributed by atoms with Gasteiger partial charge in [0, 0.05) is 12.5 Å². The maximum atomic E-state index is 10.4. The van der Waals surface area contributed by atoms with Crippen molar-refractivity contribution in [1.29, 1.82) is 0 Å². The van der Waals surface area contributed by atoms with Gasteiger partial charge in [0.25, 0.3) is 0 Å². The molecule has 0 aliphatic heterocycles. The van der Waals surface area contributed by atoms with Crippen LogP contribution < -0.4 is 5.32 Å². The van der Waals surface area contributed by atoms with Gasteiger partial charge < -0.3 is 5.11 Å². The molecule has 0 fully saturated rings. The number of nitrogens with one attached hydrogen (secondary N) is 1. The summed E-state index contributed by atoms with van der Waals surface area (Å²) in [6.45, 7) is 5.30. The van der Waals surface area contributed by atoms with Gasteiger partial charge in [0.05, 0.1) is 0 Å². The molecular formula is C7H15NO2. The van der Waals surface area contributed by atoms with Crippen LogP contribution >= 0.6 is 0 Å². The zero-order chi connectivity index (χ0) is 8.15. The van der Waals surface area contributed by atoms with Crippen LogP contribution in [0.4, 0.5) is 0 Å². The average Bonchev–Trinajstić information content (AvgIpc) is 1.58. The van der Waals surface area contributed by atoms with Crippen molar-refractivity contribution in [3.63, 3.8) is 0 Å². The Morgan fingerprint density at radius 3 is 2.40 bits per heavy atom. The average molecular weight is 145 g/mol. The largest absolute Gasteiger partial charge is 0.378 e. The highest BCUT2D eigenvalue weighted by Gasteiger charge is 2.06. The first-order valence-corrected chi connectivity index (χ1v) is 3.46. The monoisotopic (exact) mass is 145 g/mol. The lowest BCUT2D eigenvalue weighted by Crippen LogP contribution is -2.35. The molecular weight excluding hydrogens is 130 g/mol. The molecule has 0 heterocycles. The number of hydrogen-bond donors (Lipinski definition) is 2. The van der Waals surface area contributed by atoms with Crippen LogP contribution in [0.5, 0.6) is 0 Å². The minimum absolute atomic E-state index is 0.000602. The quantitative estimate of drug-likeness (QED) is 0.559. The molecule has 1 unspecified atom stereocenters. The van der Waals surface area contributed by atoms with Gasteiger partial charge in [-0.1, -0.05) is 0 Å². The van der Waals surface area contributed by atoms with E-state index in [1.54, 1.807) is 0 Å². The second-order valence-electron chi connectivity index (χ2n) is 2.74. The molecule has 0 amide bonds. The van der Waals surface area contributed by atoms with Crippen molar-refractivity contribution in [3.05, 3.63) is 0 Å². The number of carbonyl (C=O) groups excluding carboxylic acids is 1. The van der Waals surface area contributed by atoms with Gasteiger partial charge in [-0.15, -0.1) is 0 Å². The maximum absolute atomic E-state index is 10.4. The summed E-state index contributed by atoms with van der Waals surface area (Å²) in [5.41, 5.74) is 0. The number of Topliss-reactive ketones (excluding diaryl/α,β-unsaturated/α-hetero) is 1. The molecule has 0 aliphatic rings. The topological polar surface area (TPSA) is 49.3 Å². The Hall–Kier alpha value is -0.410. The fraction of sp³-hybridized carbons (Fsp3) is 0.857. The number of hydrogen-bond acceptors (Lipinski definition) is 3. The van der Waals surface area contributed by atoms with Crippen molar-refractivity contribution < 1.29 is 9.90 Å². The van der Waals surface area contributed by atoms with Gasteiger partial charge in [-0.3, -0.25) is 10.1 Å². The fourth-order valence-corrected chi connectivity index (χ4v) is 0.716.